The van der Waals surface area contributed by atoms with E-state index in [2.05, 4.69) is 15.4 Å². The van der Waals surface area contributed by atoms with Crippen LogP contribution in [0.25, 0.3) is 0 Å². The number of nitrogens with one attached hydrogen (secondary N) is 1. The van der Waals surface area contributed by atoms with Crippen molar-refractivity contribution in [3.8, 4) is 0 Å². The van der Waals surface area contributed by atoms with Gasteiger partial charge in [0.1, 0.15) is 12.7 Å². The van der Waals surface area contributed by atoms with Gasteiger partial charge in [0.25, 0.3) is 0 Å². The molecule has 3 rings (SSSR count). The number of carbonyl (C=O) groups is 1. The number of benzene rings is 1. The molecular weight excluding hydrogens is 276 g/mol. The van der Waals surface area contributed by atoms with Gasteiger partial charge in [-0.3, -0.25) is 9.48 Å². The molecule has 1 N–H and O–H groups in total. The first-order valence-corrected chi connectivity index (χ1v) is 8.00. The number of hydrogen-bond donors (Lipinski definition) is 1. The van der Waals surface area contributed by atoms with E-state index in [0.29, 0.717) is 6.54 Å². The molecule has 1 aliphatic rings. The van der Waals surface area contributed by atoms with Gasteiger partial charge in [-0.2, -0.15) is 5.10 Å². The zero-order valence-electron chi connectivity index (χ0n) is 12.7. The highest BCUT2D eigenvalue weighted by atomic mass is 16.1. The minimum absolute atomic E-state index is 0.0719. The zero-order chi connectivity index (χ0) is 15.2. The van der Waals surface area contributed by atoms with Crippen molar-refractivity contribution in [1.82, 2.24) is 20.1 Å². The Balaban J connectivity index is 1.71. The first-order valence-electron chi connectivity index (χ1n) is 8.00. The quantitative estimate of drug-likeness (QED) is 0.923. The first-order chi connectivity index (χ1) is 10.8. The predicted molar refractivity (Wildman–Crippen MR) is 83.9 cm³/mol. The van der Waals surface area contributed by atoms with Crippen LogP contribution in [0.15, 0.2) is 43.0 Å². The van der Waals surface area contributed by atoms with E-state index in [0.717, 1.165) is 31.2 Å². The van der Waals surface area contributed by atoms with E-state index in [-0.39, 0.29) is 17.9 Å². The molecule has 0 unspecified atom stereocenters. The lowest BCUT2D eigenvalue weighted by Gasteiger charge is -2.25. The lowest BCUT2D eigenvalue weighted by atomic mass is 9.88. The Bertz CT molecular complexity index is 576. The third kappa shape index (κ3) is 3.72. The molecular formula is C17H22N4O. The third-order valence-electron chi connectivity index (χ3n) is 4.33. The highest BCUT2D eigenvalue weighted by Gasteiger charge is 2.24. The van der Waals surface area contributed by atoms with Crippen LogP contribution in [0.4, 0.5) is 0 Å². The fraction of sp³-hybridized carbons (Fsp3) is 0.471. The monoisotopic (exact) mass is 298 g/mol. The summed E-state index contributed by atoms with van der Waals surface area (Å²) in [6.45, 7) is 0.600. The van der Waals surface area contributed by atoms with Crippen LogP contribution in [0.5, 0.6) is 0 Å². The molecule has 2 aromatic rings. The van der Waals surface area contributed by atoms with Gasteiger partial charge in [0.15, 0.2) is 0 Å². The van der Waals surface area contributed by atoms with Gasteiger partial charge in [0, 0.05) is 5.92 Å². The largest absolute Gasteiger partial charge is 0.347 e. The van der Waals surface area contributed by atoms with Crippen molar-refractivity contribution >= 4 is 5.91 Å². The summed E-state index contributed by atoms with van der Waals surface area (Å²) in [5.41, 5.74) is 1.10. The Morgan fingerprint density at radius 1 is 1.23 bits per heavy atom. The molecule has 1 amide bonds. The van der Waals surface area contributed by atoms with Crippen LogP contribution in [0, 0.1) is 5.92 Å². The minimum atomic E-state index is -0.0719. The fourth-order valence-electron chi connectivity index (χ4n) is 3.09. The van der Waals surface area contributed by atoms with Crippen molar-refractivity contribution in [2.45, 2.75) is 44.7 Å². The predicted octanol–water partition coefficient (Wildman–Crippen LogP) is 2.72. The van der Waals surface area contributed by atoms with Gasteiger partial charge in [-0.25, -0.2) is 4.98 Å². The number of aromatic nitrogens is 3. The Morgan fingerprint density at radius 2 is 2.00 bits per heavy atom. The second-order valence-corrected chi connectivity index (χ2v) is 5.92. The van der Waals surface area contributed by atoms with Gasteiger partial charge in [0.2, 0.25) is 5.91 Å². The lowest BCUT2D eigenvalue weighted by Crippen LogP contribution is -2.36. The lowest BCUT2D eigenvalue weighted by molar-refractivity contribution is -0.126. The molecule has 22 heavy (non-hydrogen) atoms. The highest BCUT2D eigenvalue weighted by Crippen LogP contribution is 2.25. The van der Waals surface area contributed by atoms with Crippen molar-refractivity contribution in [3.05, 3.63) is 48.5 Å². The summed E-state index contributed by atoms with van der Waals surface area (Å²) in [5.74, 6) is 0.337. The summed E-state index contributed by atoms with van der Waals surface area (Å²) in [5, 5.41) is 7.37. The molecule has 0 aliphatic heterocycles. The summed E-state index contributed by atoms with van der Waals surface area (Å²) in [6, 6.07) is 9.99. The van der Waals surface area contributed by atoms with Crippen molar-refractivity contribution in [1.29, 1.82) is 0 Å². The van der Waals surface area contributed by atoms with Crippen LogP contribution in [-0.4, -0.2) is 20.7 Å². The van der Waals surface area contributed by atoms with E-state index in [1.54, 1.807) is 11.0 Å². The zero-order valence-corrected chi connectivity index (χ0v) is 12.7. The van der Waals surface area contributed by atoms with Crippen molar-refractivity contribution in [2.75, 3.05) is 0 Å². The van der Waals surface area contributed by atoms with Gasteiger partial charge in [-0.15, -0.1) is 0 Å². The SMILES string of the molecule is O=C(N[C@@H](Cn1cncn1)c1ccccc1)C1CCCCC1. The molecule has 0 saturated heterocycles. The van der Waals surface area contributed by atoms with E-state index in [1.165, 1.54) is 12.7 Å². The Hall–Kier alpha value is -2.17. The van der Waals surface area contributed by atoms with Crippen LogP contribution in [0.1, 0.15) is 43.7 Å². The van der Waals surface area contributed by atoms with Crippen LogP contribution in [0.3, 0.4) is 0 Å². The molecule has 1 aliphatic carbocycles. The van der Waals surface area contributed by atoms with Crippen LogP contribution in [0.2, 0.25) is 0 Å². The van der Waals surface area contributed by atoms with E-state index < -0.39 is 0 Å². The van der Waals surface area contributed by atoms with E-state index in [4.69, 9.17) is 0 Å². The van der Waals surface area contributed by atoms with Crippen LogP contribution in [-0.2, 0) is 11.3 Å². The average molecular weight is 298 g/mol. The normalized spacial score (nSPS) is 17.1. The topological polar surface area (TPSA) is 59.8 Å². The fourth-order valence-corrected chi connectivity index (χ4v) is 3.09. The standard InChI is InChI=1S/C17H22N4O/c22-17(15-9-5-2-6-10-15)20-16(11-21-13-18-12-19-21)14-7-3-1-4-8-14/h1,3-4,7-8,12-13,15-16H,2,5-6,9-11H2,(H,20,22)/t16-/m0/s1. The van der Waals surface area contributed by atoms with Crippen LogP contribution < -0.4 is 5.32 Å². The molecule has 1 heterocycles. The summed E-state index contributed by atoms with van der Waals surface area (Å²) in [6.07, 6.45) is 8.81. The average Bonchev–Trinajstić information content (AvgIpc) is 3.09. The van der Waals surface area contributed by atoms with E-state index >= 15 is 0 Å². The molecule has 1 aromatic carbocycles. The molecule has 0 bridgehead atoms. The van der Waals surface area contributed by atoms with E-state index in [9.17, 15) is 4.79 Å². The maximum absolute atomic E-state index is 12.6. The summed E-state index contributed by atoms with van der Waals surface area (Å²) in [7, 11) is 0. The number of amides is 1. The molecule has 1 fully saturated rings. The maximum atomic E-state index is 12.6. The van der Waals surface area contributed by atoms with E-state index in [1.807, 2.05) is 30.3 Å². The van der Waals surface area contributed by atoms with Gasteiger partial charge >= 0.3 is 0 Å². The number of nitrogens with zero attached hydrogens (tertiary/aromatic N) is 3. The molecule has 1 aromatic heterocycles. The summed E-state index contributed by atoms with van der Waals surface area (Å²) < 4.78 is 1.76. The molecule has 1 atom stereocenters. The van der Waals surface area contributed by atoms with Crippen molar-refractivity contribution in [3.63, 3.8) is 0 Å². The van der Waals surface area contributed by atoms with Gasteiger partial charge < -0.3 is 5.32 Å². The Morgan fingerprint density at radius 3 is 2.68 bits per heavy atom. The van der Waals surface area contributed by atoms with Gasteiger partial charge in [-0.1, -0.05) is 49.6 Å². The first kappa shape index (κ1) is 14.8. The van der Waals surface area contributed by atoms with Crippen molar-refractivity contribution in [2.24, 2.45) is 5.92 Å². The smallest absolute Gasteiger partial charge is 0.223 e. The molecule has 5 heteroatoms. The number of rotatable bonds is 5. The number of hydrogen-bond acceptors (Lipinski definition) is 3. The number of carbonyl (C=O) groups excluding carboxylic acids is 1. The molecule has 1 saturated carbocycles. The Labute approximate surface area is 130 Å². The van der Waals surface area contributed by atoms with Crippen molar-refractivity contribution < 1.29 is 4.79 Å². The summed E-state index contributed by atoms with van der Waals surface area (Å²) in [4.78, 5) is 16.5. The maximum Gasteiger partial charge on any atom is 0.223 e. The molecule has 5 nitrogen and oxygen atoms in total. The second kappa shape index (κ2) is 7.20. The molecule has 0 spiro atoms. The minimum Gasteiger partial charge on any atom is -0.347 e. The summed E-state index contributed by atoms with van der Waals surface area (Å²) >= 11 is 0. The molecule has 116 valence electrons. The van der Waals surface area contributed by atoms with Gasteiger partial charge in [0.05, 0.1) is 12.6 Å². The van der Waals surface area contributed by atoms with Crippen LogP contribution >= 0.6 is 0 Å². The second-order valence-electron chi connectivity index (χ2n) is 5.92. The molecule has 0 radical (unpaired) electrons. The third-order valence-corrected chi connectivity index (χ3v) is 4.33. The highest BCUT2D eigenvalue weighted by molar-refractivity contribution is 5.79. The Kier molecular flexibility index (Phi) is 4.83. The van der Waals surface area contributed by atoms with Gasteiger partial charge in [-0.05, 0) is 18.4 Å².